The van der Waals surface area contributed by atoms with Gasteiger partial charge in [0, 0.05) is 17.5 Å². The molecule has 212 valence electrons. The molecule has 3 aromatic carbocycles. The number of carbonyl (C=O) groups is 2. The van der Waals surface area contributed by atoms with Crippen LogP contribution in [0.5, 0.6) is 0 Å². The van der Waals surface area contributed by atoms with Crippen LogP contribution < -0.4 is 10.2 Å². The Hall–Kier alpha value is -3.98. The molecule has 9 heteroatoms. The summed E-state index contributed by atoms with van der Waals surface area (Å²) in [6, 6.07) is 20.0. The third kappa shape index (κ3) is 6.20. The Morgan fingerprint density at radius 1 is 1.02 bits per heavy atom. The number of anilines is 1. The summed E-state index contributed by atoms with van der Waals surface area (Å²) >= 11 is 1.44. The van der Waals surface area contributed by atoms with Gasteiger partial charge in [-0.3, -0.25) is 14.5 Å². The third-order valence-corrected chi connectivity index (χ3v) is 8.18. The second-order valence-corrected chi connectivity index (χ2v) is 12.3. The molecule has 0 bridgehead atoms. The van der Waals surface area contributed by atoms with Crippen molar-refractivity contribution in [3.05, 3.63) is 112 Å². The number of nitrogens with zero attached hydrogens (tertiary/aromatic N) is 3. The Morgan fingerprint density at radius 3 is 2.32 bits per heavy atom. The highest BCUT2D eigenvalue weighted by atomic mass is 32.2. The van der Waals surface area contributed by atoms with E-state index in [0.717, 1.165) is 33.6 Å². The van der Waals surface area contributed by atoms with E-state index in [1.807, 2.05) is 31.2 Å². The number of aryl methyl sites for hydroxylation is 1. The van der Waals surface area contributed by atoms with Crippen LogP contribution in [0.25, 0.3) is 5.69 Å². The number of benzene rings is 3. The van der Waals surface area contributed by atoms with Crippen LogP contribution in [0.2, 0.25) is 0 Å². The van der Waals surface area contributed by atoms with E-state index in [1.54, 1.807) is 28.9 Å². The molecule has 0 saturated carbocycles. The monoisotopic (exact) mass is 574 g/mol. The van der Waals surface area contributed by atoms with Gasteiger partial charge in [-0.25, -0.2) is 13.5 Å². The maximum Gasteiger partial charge on any atom is 0.240 e. The Bertz CT molecular complexity index is 1580. The van der Waals surface area contributed by atoms with E-state index in [9.17, 15) is 18.4 Å². The van der Waals surface area contributed by atoms with Gasteiger partial charge in [-0.15, -0.1) is 11.8 Å². The van der Waals surface area contributed by atoms with Crippen molar-refractivity contribution in [2.75, 3.05) is 17.2 Å². The van der Waals surface area contributed by atoms with Crippen molar-refractivity contribution in [1.29, 1.82) is 0 Å². The van der Waals surface area contributed by atoms with Crippen molar-refractivity contribution in [1.82, 2.24) is 15.1 Å². The molecule has 0 spiro atoms. The van der Waals surface area contributed by atoms with Gasteiger partial charge in [0.15, 0.2) is 0 Å². The molecule has 2 amide bonds. The molecule has 1 aliphatic heterocycles. The molecule has 41 heavy (non-hydrogen) atoms. The first kappa shape index (κ1) is 28.5. The van der Waals surface area contributed by atoms with E-state index < -0.39 is 5.41 Å². The summed E-state index contributed by atoms with van der Waals surface area (Å²) in [6.07, 6.45) is 0. The summed E-state index contributed by atoms with van der Waals surface area (Å²) in [5.41, 5.74) is 4.61. The second-order valence-electron chi connectivity index (χ2n) is 11.2. The van der Waals surface area contributed by atoms with Crippen molar-refractivity contribution in [2.45, 2.75) is 44.9 Å². The normalized spacial score (nSPS) is 15.4. The Labute approximate surface area is 242 Å². The molecule has 0 saturated heterocycles. The van der Waals surface area contributed by atoms with Crippen molar-refractivity contribution >= 4 is 29.4 Å². The van der Waals surface area contributed by atoms with Gasteiger partial charge >= 0.3 is 0 Å². The Morgan fingerprint density at radius 2 is 1.68 bits per heavy atom. The van der Waals surface area contributed by atoms with Gasteiger partial charge in [0.25, 0.3) is 0 Å². The number of carbonyl (C=O) groups excluding carboxylic acids is 2. The molecule has 2 heterocycles. The molecule has 1 unspecified atom stereocenters. The fourth-order valence-electron chi connectivity index (χ4n) is 4.92. The summed E-state index contributed by atoms with van der Waals surface area (Å²) in [6.45, 7) is 8.16. The van der Waals surface area contributed by atoms with Gasteiger partial charge < -0.3 is 5.32 Å². The van der Waals surface area contributed by atoms with Gasteiger partial charge in [-0.2, -0.15) is 5.10 Å². The number of halogens is 2. The molecule has 0 fully saturated rings. The SMILES string of the molecule is Cc1cccc(-n2nc(C(C)(C)C)c3c2N(CC(=O)NCc2ccc(F)cc2)C(=O)CSC3c2ccc(F)cc2)c1. The Kier molecular flexibility index (Phi) is 8.00. The van der Waals surface area contributed by atoms with E-state index in [0.29, 0.717) is 5.82 Å². The molecule has 5 rings (SSSR count). The zero-order valence-corrected chi connectivity index (χ0v) is 24.3. The van der Waals surface area contributed by atoms with Crippen LogP contribution in [0.3, 0.4) is 0 Å². The number of amides is 2. The number of nitrogens with one attached hydrogen (secondary N) is 1. The van der Waals surface area contributed by atoms with Crippen LogP contribution >= 0.6 is 11.8 Å². The van der Waals surface area contributed by atoms with E-state index in [4.69, 9.17) is 5.10 Å². The van der Waals surface area contributed by atoms with Gasteiger partial charge in [0.05, 0.1) is 22.4 Å². The highest BCUT2D eigenvalue weighted by molar-refractivity contribution is 8.00. The fourth-order valence-corrected chi connectivity index (χ4v) is 6.11. The minimum atomic E-state index is -0.401. The smallest absolute Gasteiger partial charge is 0.240 e. The molecule has 4 aromatic rings. The van der Waals surface area contributed by atoms with Crippen molar-refractivity contribution in [3.63, 3.8) is 0 Å². The van der Waals surface area contributed by atoms with Gasteiger partial charge in [-0.1, -0.05) is 57.2 Å². The molecule has 1 N–H and O–H groups in total. The highest BCUT2D eigenvalue weighted by Gasteiger charge is 2.40. The van der Waals surface area contributed by atoms with Crippen LogP contribution in [-0.2, 0) is 21.5 Å². The lowest BCUT2D eigenvalue weighted by Crippen LogP contribution is -2.42. The van der Waals surface area contributed by atoms with Crippen LogP contribution in [0.4, 0.5) is 14.6 Å². The molecule has 1 atom stereocenters. The number of hydrogen-bond acceptors (Lipinski definition) is 4. The van der Waals surface area contributed by atoms with Gasteiger partial charge in [0.2, 0.25) is 11.8 Å². The van der Waals surface area contributed by atoms with Gasteiger partial charge in [-0.05, 0) is 60.0 Å². The number of hydrogen-bond donors (Lipinski definition) is 1. The van der Waals surface area contributed by atoms with Gasteiger partial charge in [0.1, 0.15) is 24.0 Å². The van der Waals surface area contributed by atoms with Crippen molar-refractivity contribution < 1.29 is 18.4 Å². The number of thioether (sulfide) groups is 1. The summed E-state index contributed by atoms with van der Waals surface area (Å²) in [5, 5.41) is 7.62. The lowest BCUT2D eigenvalue weighted by Gasteiger charge is -2.24. The summed E-state index contributed by atoms with van der Waals surface area (Å²) in [7, 11) is 0. The number of aromatic nitrogens is 2. The largest absolute Gasteiger partial charge is 0.350 e. The van der Waals surface area contributed by atoms with E-state index in [-0.39, 0.29) is 47.5 Å². The molecular formula is C32H32F2N4O2S. The van der Waals surface area contributed by atoms with E-state index in [1.165, 1.54) is 40.9 Å². The molecule has 1 aromatic heterocycles. The van der Waals surface area contributed by atoms with Crippen molar-refractivity contribution in [2.24, 2.45) is 0 Å². The maximum atomic E-state index is 13.9. The summed E-state index contributed by atoms with van der Waals surface area (Å²) in [5.74, 6) is -0.619. The first-order chi connectivity index (χ1) is 19.5. The standard InChI is InChI=1S/C32H32F2N4O2S/c1-20-6-5-7-25(16-20)38-31-28(30(36-38)32(2,3)4)29(22-10-14-24(34)15-11-22)41-19-27(40)37(31)18-26(39)35-17-21-8-12-23(33)13-9-21/h5-16,29H,17-19H2,1-4H3,(H,35,39). The topological polar surface area (TPSA) is 67.2 Å². The van der Waals surface area contributed by atoms with E-state index >= 15 is 0 Å². The average molecular weight is 575 g/mol. The summed E-state index contributed by atoms with van der Waals surface area (Å²) in [4.78, 5) is 28.5. The maximum absolute atomic E-state index is 13.9. The highest BCUT2D eigenvalue weighted by Crippen LogP contribution is 2.48. The molecule has 0 aliphatic carbocycles. The lowest BCUT2D eigenvalue weighted by atomic mass is 9.87. The number of fused-ring (bicyclic) bond motifs is 1. The predicted molar refractivity (Wildman–Crippen MR) is 158 cm³/mol. The molecular weight excluding hydrogens is 542 g/mol. The lowest BCUT2D eigenvalue weighted by molar-refractivity contribution is -0.123. The summed E-state index contributed by atoms with van der Waals surface area (Å²) < 4.78 is 29.0. The average Bonchev–Trinajstić information content (AvgIpc) is 3.27. The fraction of sp³-hybridized carbons (Fsp3) is 0.281. The van der Waals surface area contributed by atoms with Crippen LogP contribution in [0, 0.1) is 18.6 Å². The first-order valence-corrected chi connectivity index (χ1v) is 14.4. The minimum Gasteiger partial charge on any atom is -0.350 e. The van der Waals surface area contributed by atoms with E-state index in [2.05, 4.69) is 26.1 Å². The van der Waals surface area contributed by atoms with Crippen LogP contribution in [0.15, 0.2) is 72.8 Å². The minimum absolute atomic E-state index is 0.124. The quantitative estimate of drug-likeness (QED) is 0.296. The molecule has 1 aliphatic rings. The van der Waals surface area contributed by atoms with Crippen molar-refractivity contribution in [3.8, 4) is 5.69 Å². The molecule has 6 nitrogen and oxygen atoms in total. The third-order valence-electron chi connectivity index (χ3n) is 6.92. The first-order valence-electron chi connectivity index (χ1n) is 13.4. The Balaban J connectivity index is 1.63. The van der Waals surface area contributed by atoms with Crippen LogP contribution in [-0.4, -0.2) is 33.9 Å². The zero-order chi connectivity index (χ0) is 29.3. The van der Waals surface area contributed by atoms with Crippen LogP contribution in [0.1, 0.15) is 54.0 Å². The predicted octanol–water partition coefficient (Wildman–Crippen LogP) is 6.24. The molecule has 0 radical (unpaired) electrons. The number of rotatable bonds is 6. The zero-order valence-electron chi connectivity index (χ0n) is 23.4. The second kappa shape index (κ2) is 11.5.